The molecule has 0 aromatic heterocycles. The van der Waals surface area contributed by atoms with E-state index in [1.54, 1.807) is 0 Å². The fourth-order valence-corrected chi connectivity index (χ4v) is 2.44. The number of halogens is 1. The molecule has 0 aromatic carbocycles. The highest BCUT2D eigenvalue weighted by atomic mass is 19.1. The number of hydrogen-bond acceptors (Lipinski definition) is 1. The molecule has 0 amide bonds. The SMILES string of the molecule is CC(C)C[C@@H](F)C1CCN(C(C)C)CC1. The summed E-state index contributed by atoms with van der Waals surface area (Å²) in [7, 11) is 0. The Bertz CT molecular complexity index is 171. The quantitative estimate of drug-likeness (QED) is 0.694. The van der Waals surface area contributed by atoms with E-state index in [9.17, 15) is 4.39 Å². The maximum atomic E-state index is 13.8. The predicted molar refractivity (Wildman–Crippen MR) is 63.8 cm³/mol. The maximum absolute atomic E-state index is 13.8. The summed E-state index contributed by atoms with van der Waals surface area (Å²) in [6, 6.07) is 0.620. The lowest BCUT2D eigenvalue weighted by Gasteiger charge is -2.36. The number of piperidine rings is 1. The summed E-state index contributed by atoms with van der Waals surface area (Å²) < 4.78 is 13.8. The number of likely N-dealkylation sites (tertiary alicyclic amines) is 1. The first-order valence-corrected chi connectivity index (χ1v) is 6.38. The number of hydrogen-bond donors (Lipinski definition) is 0. The predicted octanol–water partition coefficient (Wildman–Crippen LogP) is 3.49. The molecule has 15 heavy (non-hydrogen) atoms. The van der Waals surface area contributed by atoms with Gasteiger partial charge in [-0.25, -0.2) is 4.39 Å². The Morgan fingerprint density at radius 2 is 1.67 bits per heavy atom. The molecule has 0 unspecified atom stereocenters. The van der Waals surface area contributed by atoms with Gasteiger partial charge in [-0.2, -0.15) is 0 Å². The average Bonchev–Trinajstić information content (AvgIpc) is 2.17. The van der Waals surface area contributed by atoms with E-state index in [-0.39, 0.29) is 0 Å². The molecular weight excluding hydrogens is 189 g/mol. The van der Waals surface area contributed by atoms with E-state index in [0.29, 0.717) is 17.9 Å². The van der Waals surface area contributed by atoms with Gasteiger partial charge in [-0.1, -0.05) is 13.8 Å². The van der Waals surface area contributed by atoms with Crippen LogP contribution < -0.4 is 0 Å². The molecule has 1 atom stereocenters. The molecule has 1 saturated heterocycles. The highest BCUT2D eigenvalue weighted by Crippen LogP contribution is 2.27. The molecule has 0 radical (unpaired) electrons. The van der Waals surface area contributed by atoms with Crippen molar-refractivity contribution in [1.82, 2.24) is 4.90 Å². The molecule has 1 fully saturated rings. The van der Waals surface area contributed by atoms with Crippen molar-refractivity contribution in [3.63, 3.8) is 0 Å². The standard InChI is InChI=1S/C13H26FN/c1-10(2)9-13(14)12-5-7-15(8-6-12)11(3)4/h10-13H,5-9H2,1-4H3/t13-/m1/s1. The number of alkyl halides is 1. The van der Waals surface area contributed by atoms with Crippen LogP contribution >= 0.6 is 0 Å². The van der Waals surface area contributed by atoms with Crippen LogP contribution in [0.1, 0.15) is 47.0 Å². The van der Waals surface area contributed by atoms with E-state index < -0.39 is 6.17 Å². The summed E-state index contributed by atoms with van der Waals surface area (Å²) in [5.41, 5.74) is 0. The normalized spacial score (nSPS) is 22.6. The topological polar surface area (TPSA) is 3.24 Å². The van der Waals surface area contributed by atoms with Crippen LogP contribution in [0.2, 0.25) is 0 Å². The summed E-state index contributed by atoms with van der Waals surface area (Å²) in [6.45, 7) is 10.8. The first-order chi connectivity index (χ1) is 7.00. The third kappa shape index (κ3) is 4.10. The summed E-state index contributed by atoms with van der Waals surface area (Å²) in [6.07, 6.45) is 2.27. The lowest BCUT2D eigenvalue weighted by Crippen LogP contribution is -2.40. The summed E-state index contributed by atoms with van der Waals surface area (Å²) in [5, 5.41) is 0. The first-order valence-electron chi connectivity index (χ1n) is 6.38. The van der Waals surface area contributed by atoms with Crippen molar-refractivity contribution < 1.29 is 4.39 Å². The van der Waals surface area contributed by atoms with Crippen molar-refractivity contribution in [2.75, 3.05) is 13.1 Å². The second-order valence-corrected chi connectivity index (χ2v) is 5.61. The van der Waals surface area contributed by atoms with Crippen LogP contribution in [0.4, 0.5) is 4.39 Å². The van der Waals surface area contributed by atoms with Gasteiger partial charge >= 0.3 is 0 Å². The van der Waals surface area contributed by atoms with Gasteiger partial charge in [-0.3, -0.25) is 0 Å². The van der Waals surface area contributed by atoms with Gasteiger partial charge in [0.2, 0.25) is 0 Å². The zero-order chi connectivity index (χ0) is 11.4. The molecular formula is C13H26FN. The van der Waals surface area contributed by atoms with Crippen LogP contribution in [0.5, 0.6) is 0 Å². The molecule has 0 aliphatic carbocycles. The van der Waals surface area contributed by atoms with Crippen LogP contribution in [0.3, 0.4) is 0 Å². The van der Waals surface area contributed by atoms with Crippen LogP contribution in [-0.4, -0.2) is 30.2 Å². The second kappa shape index (κ2) is 5.83. The van der Waals surface area contributed by atoms with Crippen LogP contribution in [0.25, 0.3) is 0 Å². The van der Waals surface area contributed by atoms with Gasteiger partial charge in [0, 0.05) is 6.04 Å². The minimum atomic E-state index is -0.570. The maximum Gasteiger partial charge on any atom is 0.103 e. The zero-order valence-electron chi connectivity index (χ0n) is 10.7. The van der Waals surface area contributed by atoms with E-state index >= 15 is 0 Å². The highest BCUT2D eigenvalue weighted by molar-refractivity contribution is 4.79. The van der Waals surface area contributed by atoms with Gasteiger partial charge in [0.15, 0.2) is 0 Å². The molecule has 0 saturated carbocycles. The van der Waals surface area contributed by atoms with E-state index in [1.807, 2.05) is 0 Å². The number of rotatable bonds is 4. The Morgan fingerprint density at radius 1 is 1.13 bits per heavy atom. The molecule has 1 heterocycles. The largest absolute Gasteiger partial charge is 0.301 e. The minimum absolute atomic E-state index is 0.322. The Labute approximate surface area is 94.0 Å². The molecule has 1 nitrogen and oxygen atoms in total. The van der Waals surface area contributed by atoms with E-state index in [1.165, 1.54) is 0 Å². The van der Waals surface area contributed by atoms with E-state index in [4.69, 9.17) is 0 Å². The van der Waals surface area contributed by atoms with Crippen LogP contribution in [-0.2, 0) is 0 Å². The first kappa shape index (κ1) is 13.0. The Morgan fingerprint density at radius 3 is 2.07 bits per heavy atom. The van der Waals surface area contributed by atoms with E-state index in [0.717, 1.165) is 32.4 Å². The monoisotopic (exact) mass is 215 g/mol. The molecule has 1 aliphatic heterocycles. The van der Waals surface area contributed by atoms with Crippen molar-refractivity contribution in [1.29, 1.82) is 0 Å². The van der Waals surface area contributed by atoms with Crippen molar-refractivity contribution in [3.05, 3.63) is 0 Å². The van der Waals surface area contributed by atoms with Crippen LogP contribution in [0.15, 0.2) is 0 Å². The van der Waals surface area contributed by atoms with Crippen molar-refractivity contribution in [3.8, 4) is 0 Å². The average molecular weight is 215 g/mol. The lowest BCUT2D eigenvalue weighted by molar-refractivity contribution is 0.0913. The summed E-state index contributed by atoms with van der Waals surface area (Å²) >= 11 is 0. The third-order valence-corrected chi connectivity index (χ3v) is 3.51. The molecule has 0 spiro atoms. The third-order valence-electron chi connectivity index (χ3n) is 3.51. The zero-order valence-corrected chi connectivity index (χ0v) is 10.7. The molecule has 1 rings (SSSR count). The van der Waals surface area contributed by atoms with Gasteiger partial charge in [0.1, 0.15) is 6.17 Å². The molecule has 90 valence electrons. The molecule has 2 heteroatoms. The highest BCUT2D eigenvalue weighted by Gasteiger charge is 2.27. The molecule has 1 aliphatic rings. The second-order valence-electron chi connectivity index (χ2n) is 5.61. The van der Waals surface area contributed by atoms with Gasteiger partial charge in [0.05, 0.1) is 0 Å². The Hall–Kier alpha value is -0.110. The summed E-state index contributed by atoms with van der Waals surface area (Å²) in [4.78, 5) is 2.46. The minimum Gasteiger partial charge on any atom is -0.301 e. The smallest absolute Gasteiger partial charge is 0.103 e. The van der Waals surface area contributed by atoms with Crippen molar-refractivity contribution >= 4 is 0 Å². The fourth-order valence-electron chi connectivity index (χ4n) is 2.44. The van der Waals surface area contributed by atoms with Crippen LogP contribution in [0, 0.1) is 11.8 Å². The fraction of sp³-hybridized carbons (Fsp3) is 1.00. The van der Waals surface area contributed by atoms with Gasteiger partial charge in [-0.15, -0.1) is 0 Å². The van der Waals surface area contributed by atoms with Gasteiger partial charge in [-0.05, 0) is 58.0 Å². The van der Waals surface area contributed by atoms with Gasteiger partial charge in [0.25, 0.3) is 0 Å². The Balaban J connectivity index is 2.30. The molecule has 0 N–H and O–H groups in total. The lowest BCUT2D eigenvalue weighted by atomic mass is 9.87. The molecule has 0 aromatic rings. The van der Waals surface area contributed by atoms with Crippen molar-refractivity contribution in [2.45, 2.75) is 59.2 Å². The number of nitrogens with zero attached hydrogens (tertiary/aromatic N) is 1. The molecule has 0 bridgehead atoms. The Kier molecular flexibility index (Phi) is 5.04. The van der Waals surface area contributed by atoms with E-state index in [2.05, 4.69) is 32.6 Å². The van der Waals surface area contributed by atoms with Gasteiger partial charge < -0.3 is 4.90 Å². The summed E-state index contributed by atoms with van der Waals surface area (Å²) in [5.74, 6) is 0.811. The van der Waals surface area contributed by atoms with Crippen molar-refractivity contribution in [2.24, 2.45) is 11.8 Å².